The average Bonchev–Trinajstić information content (AvgIpc) is 2.80. The van der Waals surface area contributed by atoms with E-state index in [0.29, 0.717) is 18.8 Å². The highest BCUT2D eigenvalue weighted by Crippen LogP contribution is 2.14. The van der Waals surface area contributed by atoms with Crippen molar-refractivity contribution >= 4 is 5.97 Å². The van der Waals surface area contributed by atoms with Crippen LogP contribution < -0.4 is 0 Å². The van der Waals surface area contributed by atoms with E-state index in [-0.39, 0.29) is 12.6 Å². The van der Waals surface area contributed by atoms with Crippen LogP contribution in [0.1, 0.15) is 135 Å². The predicted molar refractivity (Wildman–Crippen MR) is 139 cm³/mol. The van der Waals surface area contributed by atoms with Gasteiger partial charge in [-0.2, -0.15) is 0 Å². The predicted octanol–water partition coefficient (Wildman–Crippen LogP) is 9.11. The van der Waals surface area contributed by atoms with Crippen molar-refractivity contribution in [1.29, 1.82) is 0 Å². The van der Waals surface area contributed by atoms with Gasteiger partial charge in [0.2, 0.25) is 0 Å². The molecule has 0 aliphatic rings. The number of hydrogen-bond donors (Lipinski definition) is 0. The van der Waals surface area contributed by atoms with Gasteiger partial charge >= 0.3 is 5.97 Å². The molecule has 3 nitrogen and oxygen atoms in total. The molecule has 0 saturated heterocycles. The summed E-state index contributed by atoms with van der Waals surface area (Å²) in [7, 11) is 0. The summed E-state index contributed by atoms with van der Waals surface area (Å²) in [5, 5.41) is 0. The van der Waals surface area contributed by atoms with Crippen LogP contribution in [0.3, 0.4) is 0 Å². The van der Waals surface area contributed by atoms with Crippen molar-refractivity contribution in [3.63, 3.8) is 0 Å². The first kappa shape index (κ1) is 30.9. The van der Waals surface area contributed by atoms with Crippen LogP contribution in [-0.2, 0) is 14.3 Å². The Bertz CT molecular complexity index is 430. The summed E-state index contributed by atoms with van der Waals surface area (Å²) in [5.41, 5.74) is 0.375. The van der Waals surface area contributed by atoms with Crippen LogP contribution in [0.25, 0.3) is 0 Å². The smallest absolute Gasteiger partial charge is 0.335 e. The van der Waals surface area contributed by atoms with Gasteiger partial charge in [-0.15, -0.1) is 6.58 Å². The first-order chi connectivity index (χ1) is 15.7. The van der Waals surface area contributed by atoms with Gasteiger partial charge in [-0.25, -0.2) is 4.79 Å². The van der Waals surface area contributed by atoms with E-state index in [0.717, 1.165) is 12.8 Å². The molecule has 3 heteroatoms. The number of rotatable bonds is 26. The standard InChI is InChI=1S/C29H54O3/c1-4-6-7-8-9-10-11-12-13-14-15-16-17-18-19-20-21-22-23-24-26-32-29(30)28(3)27-31-25-5-2/h5H,2-4,6-27H2,1H3. The van der Waals surface area contributed by atoms with Gasteiger partial charge in [0.15, 0.2) is 0 Å². The fraction of sp³-hybridized carbons (Fsp3) is 0.828. The van der Waals surface area contributed by atoms with E-state index < -0.39 is 0 Å². The van der Waals surface area contributed by atoms with Crippen molar-refractivity contribution in [1.82, 2.24) is 0 Å². The first-order valence-electron chi connectivity index (χ1n) is 13.8. The number of carbonyl (C=O) groups excluding carboxylic acids is 1. The minimum absolute atomic E-state index is 0.212. The third-order valence-corrected chi connectivity index (χ3v) is 6.03. The van der Waals surface area contributed by atoms with Crippen molar-refractivity contribution < 1.29 is 14.3 Å². The second kappa shape index (κ2) is 26.2. The van der Waals surface area contributed by atoms with Gasteiger partial charge < -0.3 is 9.47 Å². The van der Waals surface area contributed by atoms with Crippen LogP contribution in [0.5, 0.6) is 0 Å². The van der Waals surface area contributed by atoms with Crippen LogP contribution in [0.15, 0.2) is 24.8 Å². The van der Waals surface area contributed by atoms with Crippen molar-refractivity contribution in [2.45, 2.75) is 135 Å². The van der Waals surface area contributed by atoms with E-state index >= 15 is 0 Å². The molecular weight excluding hydrogens is 396 g/mol. The van der Waals surface area contributed by atoms with E-state index in [4.69, 9.17) is 9.47 Å². The Balaban J connectivity index is 3.17. The Morgan fingerprint density at radius 1 is 0.656 bits per heavy atom. The summed E-state index contributed by atoms with van der Waals surface area (Å²) < 4.78 is 10.4. The molecule has 0 aliphatic heterocycles. The number of ether oxygens (including phenoxy) is 2. The normalized spacial score (nSPS) is 10.9. The molecule has 0 saturated carbocycles. The summed E-state index contributed by atoms with van der Waals surface area (Å²) in [5.74, 6) is -0.341. The number of esters is 1. The van der Waals surface area contributed by atoms with E-state index in [9.17, 15) is 4.79 Å². The number of carbonyl (C=O) groups is 1. The monoisotopic (exact) mass is 450 g/mol. The second-order valence-electron chi connectivity index (χ2n) is 9.26. The zero-order chi connectivity index (χ0) is 23.5. The van der Waals surface area contributed by atoms with Gasteiger partial charge in [-0.3, -0.25) is 0 Å². The molecule has 188 valence electrons. The van der Waals surface area contributed by atoms with Crippen LogP contribution in [0.4, 0.5) is 0 Å². The largest absolute Gasteiger partial charge is 0.462 e. The molecular formula is C29H54O3. The fourth-order valence-electron chi connectivity index (χ4n) is 3.95. The van der Waals surface area contributed by atoms with Gasteiger partial charge in [0.05, 0.1) is 25.4 Å². The molecule has 0 aromatic carbocycles. The molecule has 0 heterocycles. The Morgan fingerprint density at radius 2 is 1.03 bits per heavy atom. The van der Waals surface area contributed by atoms with Gasteiger partial charge in [-0.05, 0) is 6.42 Å². The van der Waals surface area contributed by atoms with E-state index in [1.54, 1.807) is 6.08 Å². The molecule has 0 spiro atoms. The van der Waals surface area contributed by atoms with Gasteiger partial charge in [0.1, 0.15) is 0 Å². The lowest BCUT2D eigenvalue weighted by Gasteiger charge is -2.07. The molecule has 32 heavy (non-hydrogen) atoms. The number of hydrogen-bond acceptors (Lipinski definition) is 3. The summed E-state index contributed by atoms with van der Waals surface area (Å²) in [6, 6.07) is 0. The van der Waals surface area contributed by atoms with Crippen LogP contribution in [0.2, 0.25) is 0 Å². The number of unbranched alkanes of at least 4 members (excludes halogenated alkanes) is 19. The van der Waals surface area contributed by atoms with E-state index in [1.165, 1.54) is 116 Å². The SMILES string of the molecule is C=CCOCC(=C)C(=O)OCCCCCCCCCCCCCCCCCCCCCC. The highest BCUT2D eigenvalue weighted by Gasteiger charge is 2.07. The van der Waals surface area contributed by atoms with Crippen LogP contribution >= 0.6 is 0 Å². The van der Waals surface area contributed by atoms with Gasteiger partial charge in [0, 0.05) is 0 Å². The van der Waals surface area contributed by atoms with Crippen LogP contribution in [-0.4, -0.2) is 25.8 Å². The van der Waals surface area contributed by atoms with Crippen molar-refractivity contribution in [3.8, 4) is 0 Å². The summed E-state index contributed by atoms with van der Waals surface area (Å²) in [6.07, 6.45) is 29.0. The maximum absolute atomic E-state index is 11.7. The van der Waals surface area contributed by atoms with E-state index in [1.807, 2.05) is 0 Å². The Hall–Kier alpha value is -1.09. The molecule has 0 bridgehead atoms. The minimum atomic E-state index is -0.341. The molecule has 0 amide bonds. The lowest BCUT2D eigenvalue weighted by atomic mass is 10.0. The quantitative estimate of drug-likeness (QED) is 0.0570. The molecule has 0 aromatic rings. The summed E-state index contributed by atoms with van der Waals surface area (Å²) in [6.45, 7) is 10.7. The Kier molecular flexibility index (Phi) is 25.3. The Morgan fingerprint density at radius 3 is 1.41 bits per heavy atom. The van der Waals surface area contributed by atoms with Crippen LogP contribution in [0, 0.1) is 0 Å². The lowest BCUT2D eigenvalue weighted by molar-refractivity contribution is -0.139. The lowest BCUT2D eigenvalue weighted by Crippen LogP contribution is -2.12. The van der Waals surface area contributed by atoms with Crippen molar-refractivity contribution in [3.05, 3.63) is 24.8 Å². The maximum atomic E-state index is 11.7. The summed E-state index contributed by atoms with van der Waals surface area (Å²) >= 11 is 0. The average molecular weight is 451 g/mol. The highest BCUT2D eigenvalue weighted by atomic mass is 16.5. The van der Waals surface area contributed by atoms with Crippen molar-refractivity contribution in [2.24, 2.45) is 0 Å². The molecule has 0 radical (unpaired) electrons. The fourth-order valence-corrected chi connectivity index (χ4v) is 3.95. The molecule has 0 rings (SSSR count). The zero-order valence-electron chi connectivity index (χ0n) is 21.5. The van der Waals surface area contributed by atoms with E-state index in [2.05, 4.69) is 20.1 Å². The molecule has 0 atom stereocenters. The second-order valence-corrected chi connectivity index (χ2v) is 9.26. The van der Waals surface area contributed by atoms with Gasteiger partial charge in [-0.1, -0.05) is 142 Å². The van der Waals surface area contributed by atoms with Crippen molar-refractivity contribution in [2.75, 3.05) is 19.8 Å². The first-order valence-corrected chi connectivity index (χ1v) is 13.8. The molecule has 0 aromatic heterocycles. The molecule has 0 fully saturated rings. The maximum Gasteiger partial charge on any atom is 0.335 e. The molecule has 0 aliphatic carbocycles. The molecule has 0 N–H and O–H groups in total. The third-order valence-electron chi connectivity index (χ3n) is 6.03. The topological polar surface area (TPSA) is 35.5 Å². The third kappa shape index (κ3) is 23.6. The zero-order valence-corrected chi connectivity index (χ0v) is 21.5. The summed E-state index contributed by atoms with van der Waals surface area (Å²) in [4.78, 5) is 11.7. The Labute approximate surface area is 200 Å². The van der Waals surface area contributed by atoms with Gasteiger partial charge in [0.25, 0.3) is 0 Å². The minimum Gasteiger partial charge on any atom is -0.462 e. The molecule has 0 unspecified atom stereocenters. The highest BCUT2D eigenvalue weighted by molar-refractivity contribution is 5.87.